The van der Waals surface area contributed by atoms with Gasteiger partial charge < -0.3 is 10.1 Å². The fourth-order valence-corrected chi connectivity index (χ4v) is 2.44. The first kappa shape index (κ1) is 16.2. The summed E-state index contributed by atoms with van der Waals surface area (Å²) in [6.07, 6.45) is 2.36. The van der Waals surface area contributed by atoms with E-state index in [9.17, 15) is 0 Å². The number of ether oxygens (including phenoxy) is 1. The molecule has 1 aromatic rings. The zero-order chi connectivity index (χ0) is 14.3. The standard InChI is InChI=1S/C17H29NO/c1-6-17(19-7-2)16(18-5)12-14-8-10-15(11-9-14)13(3)4/h8-11,13,16-18H,6-7,12H2,1-5H3. The molecule has 0 amide bonds. The molecule has 1 rings (SSSR count). The predicted octanol–water partition coefficient (Wildman–Crippen LogP) is 3.76. The highest BCUT2D eigenvalue weighted by molar-refractivity contribution is 5.25. The van der Waals surface area contributed by atoms with Crippen molar-refractivity contribution in [3.05, 3.63) is 35.4 Å². The van der Waals surface area contributed by atoms with E-state index in [1.165, 1.54) is 11.1 Å². The Kier molecular flexibility index (Phi) is 7.11. The van der Waals surface area contributed by atoms with Crippen LogP contribution in [0, 0.1) is 0 Å². The summed E-state index contributed by atoms with van der Waals surface area (Å²) in [5.74, 6) is 0.598. The van der Waals surface area contributed by atoms with Gasteiger partial charge >= 0.3 is 0 Å². The Bertz CT molecular complexity index is 345. The fraction of sp³-hybridized carbons (Fsp3) is 0.647. The summed E-state index contributed by atoms with van der Waals surface area (Å²) in [6, 6.07) is 9.37. The molecule has 2 nitrogen and oxygen atoms in total. The number of benzene rings is 1. The number of hydrogen-bond donors (Lipinski definition) is 1. The van der Waals surface area contributed by atoms with Crippen LogP contribution < -0.4 is 5.32 Å². The highest BCUT2D eigenvalue weighted by Gasteiger charge is 2.18. The van der Waals surface area contributed by atoms with Crippen LogP contribution in [-0.4, -0.2) is 25.8 Å². The summed E-state index contributed by atoms with van der Waals surface area (Å²) in [4.78, 5) is 0. The van der Waals surface area contributed by atoms with E-state index in [0.29, 0.717) is 18.1 Å². The minimum Gasteiger partial charge on any atom is -0.377 e. The Labute approximate surface area is 118 Å². The summed E-state index contributed by atoms with van der Waals surface area (Å²) in [6.45, 7) is 9.49. The maximum atomic E-state index is 5.82. The molecule has 1 aromatic carbocycles. The van der Waals surface area contributed by atoms with Gasteiger partial charge in [-0.05, 0) is 43.9 Å². The van der Waals surface area contributed by atoms with Gasteiger partial charge in [0.1, 0.15) is 0 Å². The van der Waals surface area contributed by atoms with Crippen molar-refractivity contribution in [2.45, 2.75) is 58.6 Å². The van der Waals surface area contributed by atoms with Crippen LogP contribution in [0.5, 0.6) is 0 Å². The van der Waals surface area contributed by atoms with E-state index in [0.717, 1.165) is 19.4 Å². The Balaban J connectivity index is 2.69. The molecule has 0 aliphatic heterocycles. The first-order chi connectivity index (χ1) is 9.12. The number of hydrogen-bond acceptors (Lipinski definition) is 2. The quantitative estimate of drug-likeness (QED) is 0.771. The van der Waals surface area contributed by atoms with Crippen LogP contribution in [-0.2, 0) is 11.2 Å². The van der Waals surface area contributed by atoms with E-state index < -0.39 is 0 Å². The number of rotatable bonds is 8. The van der Waals surface area contributed by atoms with Crippen LogP contribution >= 0.6 is 0 Å². The second-order valence-corrected chi connectivity index (χ2v) is 5.40. The maximum absolute atomic E-state index is 5.82. The van der Waals surface area contributed by atoms with Crippen molar-refractivity contribution >= 4 is 0 Å². The minimum atomic E-state index is 0.291. The van der Waals surface area contributed by atoms with Gasteiger partial charge in [-0.1, -0.05) is 45.0 Å². The first-order valence-electron chi connectivity index (χ1n) is 7.50. The van der Waals surface area contributed by atoms with E-state index in [1.54, 1.807) is 0 Å². The zero-order valence-electron chi connectivity index (χ0n) is 13.1. The van der Waals surface area contributed by atoms with Crippen molar-refractivity contribution in [3.8, 4) is 0 Å². The third-order valence-corrected chi connectivity index (χ3v) is 3.70. The van der Waals surface area contributed by atoms with Gasteiger partial charge in [-0.3, -0.25) is 0 Å². The number of likely N-dealkylation sites (N-methyl/N-ethyl adjacent to an activating group) is 1. The fourth-order valence-electron chi connectivity index (χ4n) is 2.44. The van der Waals surface area contributed by atoms with Gasteiger partial charge in [0, 0.05) is 12.6 Å². The smallest absolute Gasteiger partial charge is 0.0728 e. The lowest BCUT2D eigenvalue weighted by Crippen LogP contribution is -2.40. The summed E-state index contributed by atoms with van der Waals surface area (Å²) in [5.41, 5.74) is 2.78. The SMILES string of the molecule is CCOC(CC)C(Cc1ccc(C(C)C)cc1)NC. The molecule has 0 aliphatic carbocycles. The van der Waals surface area contributed by atoms with Crippen molar-refractivity contribution in [3.63, 3.8) is 0 Å². The molecule has 2 heteroatoms. The van der Waals surface area contributed by atoms with Gasteiger partial charge in [-0.2, -0.15) is 0 Å². The maximum Gasteiger partial charge on any atom is 0.0728 e. The molecule has 1 N–H and O–H groups in total. The lowest BCUT2D eigenvalue weighted by molar-refractivity contribution is 0.0339. The summed E-state index contributed by atoms with van der Waals surface area (Å²) >= 11 is 0. The molecular weight excluding hydrogens is 234 g/mol. The normalized spacial score (nSPS) is 14.6. The predicted molar refractivity (Wildman–Crippen MR) is 82.8 cm³/mol. The van der Waals surface area contributed by atoms with Crippen LogP contribution in [0.15, 0.2) is 24.3 Å². The topological polar surface area (TPSA) is 21.3 Å². The van der Waals surface area contributed by atoms with E-state index in [1.807, 2.05) is 7.05 Å². The van der Waals surface area contributed by atoms with E-state index >= 15 is 0 Å². The van der Waals surface area contributed by atoms with Crippen molar-refractivity contribution in [2.24, 2.45) is 0 Å². The highest BCUT2D eigenvalue weighted by Crippen LogP contribution is 2.17. The van der Waals surface area contributed by atoms with Gasteiger partial charge in [0.05, 0.1) is 6.10 Å². The molecule has 0 bridgehead atoms. The molecule has 0 aliphatic rings. The van der Waals surface area contributed by atoms with E-state index in [2.05, 4.69) is 57.3 Å². The molecule has 0 saturated heterocycles. The average molecular weight is 263 g/mol. The van der Waals surface area contributed by atoms with Crippen molar-refractivity contribution in [1.82, 2.24) is 5.32 Å². The molecule has 2 unspecified atom stereocenters. The molecule has 108 valence electrons. The molecule has 0 fully saturated rings. The van der Waals surface area contributed by atoms with Gasteiger partial charge in [0.25, 0.3) is 0 Å². The van der Waals surface area contributed by atoms with Crippen molar-refractivity contribution < 1.29 is 4.74 Å². The Morgan fingerprint density at radius 3 is 2.16 bits per heavy atom. The average Bonchev–Trinajstić information content (AvgIpc) is 2.43. The molecule has 0 radical (unpaired) electrons. The zero-order valence-corrected chi connectivity index (χ0v) is 13.1. The highest BCUT2D eigenvalue weighted by atomic mass is 16.5. The van der Waals surface area contributed by atoms with E-state index in [-0.39, 0.29) is 0 Å². The monoisotopic (exact) mass is 263 g/mol. The Morgan fingerprint density at radius 2 is 1.74 bits per heavy atom. The Hall–Kier alpha value is -0.860. The second kappa shape index (κ2) is 8.34. The molecule has 0 heterocycles. The Morgan fingerprint density at radius 1 is 1.11 bits per heavy atom. The third-order valence-electron chi connectivity index (χ3n) is 3.70. The largest absolute Gasteiger partial charge is 0.377 e. The lowest BCUT2D eigenvalue weighted by Gasteiger charge is -2.26. The summed E-state index contributed by atoms with van der Waals surface area (Å²) < 4.78 is 5.82. The van der Waals surface area contributed by atoms with Crippen LogP contribution in [0.4, 0.5) is 0 Å². The molecule has 0 saturated carbocycles. The van der Waals surface area contributed by atoms with Gasteiger partial charge in [0.2, 0.25) is 0 Å². The lowest BCUT2D eigenvalue weighted by atomic mass is 9.96. The van der Waals surface area contributed by atoms with Crippen LogP contribution in [0.25, 0.3) is 0 Å². The van der Waals surface area contributed by atoms with Crippen LogP contribution in [0.2, 0.25) is 0 Å². The molecule has 2 atom stereocenters. The molecular formula is C17H29NO. The molecule has 0 aromatic heterocycles. The van der Waals surface area contributed by atoms with Gasteiger partial charge in [0.15, 0.2) is 0 Å². The van der Waals surface area contributed by atoms with Crippen molar-refractivity contribution in [1.29, 1.82) is 0 Å². The summed E-state index contributed by atoms with van der Waals surface area (Å²) in [7, 11) is 2.02. The molecule has 0 spiro atoms. The van der Waals surface area contributed by atoms with Gasteiger partial charge in [-0.25, -0.2) is 0 Å². The van der Waals surface area contributed by atoms with E-state index in [4.69, 9.17) is 4.74 Å². The minimum absolute atomic E-state index is 0.291. The molecule has 19 heavy (non-hydrogen) atoms. The second-order valence-electron chi connectivity index (χ2n) is 5.40. The van der Waals surface area contributed by atoms with Crippen molar-refractivity contribution in [2.75, 3.05) is 13.7 Å². The van der Waals surface area contributed by atoms with Crippen LogP contribution in [0.1, 0.15) is 51.2 Å². The van der Waals surface area contributed by atoms with Gasteiger partial charge in [-0.15, -0.1) is 0 Å². The summed E-state index contributed by atoms with van der Waals surface area (Å²) in [5, 5.41) is 3.40. The third kappa shape index (κ3) is 4.96. The van der Waals surface area contributed by atoms with Crippen LogP contribution in [0.3, 0.4) is 0 Å². The number of nitrogens with one attached hydrogen (secondary N) is 1. The first-order valence-corrected chi connectivity index (χ1v) is 7.50.